The van der Waals surface area contributed by atoms with Crippen molar-refractivity contribution in [3.63, 3.8) is 0 Å². The standard InChI is InChI=1S/C50H74N10O10S3/c1-30-44(72-29-55-30)32-11-9-31(10-12-32)24-53-47(66)39-23-37(61)27-60(39)48(67)45(50(2,3)4)57-41(63)14-13-40(62)51-18-20-70-43-22-34(15-17-52-43)33-7-6-8-35(21-33)38-28-71-49(56-38)58-42(64)25-54-46(65)36-16-19-59(26-36)73(5,68)69/h6-12,21,30,34,36-39,43-45,49,52,55-56,61H,13-20,22-29H2,1-5H3,(H,51,62)(H,53,66)(H,54,65)(H,57,63)(H,58,64)/t30?,34?,36?,37-,38?,39+,43?,44?,45-,49?/m1/s1. The summed E-state index contributed by atoms with van der Waals surface area (Å²) < 4.78 is 31.0. The van der Waals surface area contributed by atoms with E-state index in [0.717, 1.165) is 48.4 Å². The molecule has 9 N–H and O–H groups in total. The highest BCUT2D eigenvalue weighted by Crippen LogP contribution is 2.37. The molecular weight excluding hydrogens is 997 g/mol. The molecule has 0 bridgehead atoms. The number of sulfonamides is 1. The fourth-order valence-electron chi connectivity index (χ4n) is 9.94. The summed E-state index contributed by atoms with van der Waals surface area (Å²) >= 11 is 3.43. The van der Waals surface area contributed by atoms with Gasteiger partial charge in [-0.05, 0) is 66.3 Å². The normalized spacial score (nSPS) is 27.0. The fraction of sp³-hybridized carbons (Fsp3) is 0.640. The molecule has 5 heterocycles. The number of carbonyl (C=O) groups is 6. The van der Waals surface area contributed by atoms with E-state index < -0.39 is 51.4 Å². The molecule has 10 atom stereocenters. The highest BCUT2D eigenvalue weighted by atomic mass is 32.2. The minimum Gasteiger partial charge on any atom is -0.391 e. The van der Waals surface area contributed by atoms with E-state index in [1.165, 1.54) is 20.3 Å². The van der Waals surface area contributed by atoms with Crippen LogP contribution in [0.3, 0.4) is 0 Å². The number of hydrogen-bond donors (Lipinski definition) is 9. The lowest BCUT2D eigenvalue weighted by Gasteiger charge is -2.35. The van der Waals surface area contributed by atoms with Crippen LogP contribution >= 0.6 is 23.5 Å². The van der Waals surface area contributed by atoms with Crippen LogP contribution in [-0.4, -0.2) is 158 Å². The minimum atomic E-state index is -3.37. The lowest BCUT2D eigenvalue weighted by Crippen LogP contribution is -2.57. The average Bonchev–Trinajstić information content (AvgIpc) is 4.20. The number of amides is 6. The second-order valence-corrected chi connectivity index (χ2v) is 25.1. The number of nitrogens with zero attached hydrogens (tertiary/aromatic N) is 2. The van der Waals surface area contributed by atoms with Crippen molar-refractivity contribution in [2.75, 3.05) is 63.8 Å². The van der Waals surface area contributed by atoms with Crippen molar-refractivity contribution in [1.82, 2.24) is 51.7 Å². The summed E-state index contributed by atoms with van der Waals surface area (Å²) in [4.78, 5) is 80.3. The number of ether oxygens (including phenoxy) is 1. The molecular formula is C50H74N10O10S3. The van der Waals surface area contributed by atoms with E-state index in [9.17, 15) is 42.3 Å². The Hall–Kier alpha value is -4.33. The molecule has 2 aromatic carbocycles. The number of hydrogen-bond acceptors (Lipinski definition) is 15. The van der Waals surface area contributed by atoms with Gasteiger partial charge in [0.25, 0.3) is 0 Å². The van der Waals surface area contributed by atoms with E-state index in [1.54, 1.807) is 11.8 Å². The Bertz CT molecular complexity index is 2390. The topological polar surface area (TPSA) is 269 Å². The second-order valence-electron chi connectivity index (χ2n) is 20.8. The number of rotatable bonds is 20. The van der Waals surface area contributed by atoms with Crippen molar-refractivity contribution in [3.05, 3.63) is 70.8 Å². The van der Waals surface area contributed by atoms with Crippen molar-refractivity contribution >= 4 is 69.0 Å². The second kappa shape index (κ2) is 25.5. The Kier molecular flexibility index (Phi) is 19.7. The zero-order valence-electron chi connectivity index (χ0n) is 42.4. The maximum atomic E-state index is 14.1. The van der Waals surface area contributed by atoms with E-state index in [1.807, 2.05) is 50.7 Å². The fourth-order valence-corrected chi connectivity index (χ4v) is 13.2. The summed E-state index contributed by atoms with van der Waals surface area (Å²) in [6.45, 7) is 9.28. The van der Waals surface area contributed by atoms with Gasteiger partial charge in [-0.15, -0.1) is 23.5 Å². The van der Waals surface area contributed by atoms with E-state index in [2.05, 4.69) is 79.8 Å². The maximum absolute atomic E-state index is 14.1. The smallest absolute Gasteiger partial charge is 0.246 e. The molecule has 2 aromatic rings. The summed E-state index contributed by atoms with van der Waals surface area (Å²) in [7, 11) is -3.37. The van der Waals surface area contributed by atoms with Crippen LogP contribution in [0, 0.1) is 11.3 Å². The molecule has 5 aliphatic rings. The summed E-state index contributed by atoms with van der Waals surface area (Å²) in [6, 6.07) is 15.0. The molecule has 7 unspecified atom stereocenters. The molecule has 6 amide bonds. The first-order valence-corrected chi connectivity index (χ1v) is 29.3. The molecule has 5 saturated heterocycles. The molecule has 5 fully saturated rings. The van der Waals surface area contributed by atoms with Crippen LogP contribution in [0.1, 0.15) is 106 Å². The van der Waals surface area contributed by atoms with Crippen LogP contribution in [0.15, 0.2) is 48.5 Å². The highest BCUT2D eigenvalue weighted by Gasteiger charge is 2.44. The molecule has 20 nitrogen and oxygen atoms in total. The molecule has 7 rings (SSSR count). The lowest BCUT2D eigenvalue weighted by molar-refractivity contribution is -0.144. The Morgan fingerprint density at radius 1 is 0.877 bits per heavy atom. The van der Waals surface area contributed by atoms with Gasteiger partial charge in [0.05, 0.1) is 31.4 Å². The van der Waals surface area contributed by atoms with Crippen molar-refractivity contribution in [1.29, 1.82) is 0 Å². The van der Waals surface area contributed by atoms with Crippen molar-refractivity contribution in [2.45, 2.75) is 126 Å². The summed E-state index contributed by atoms with van der Waals surface area (Å²) in [6.07, 6.45) is 1.88. The molecule has 0 radical (unpaired) electrons. The maximum Gasteiger partial charge on any atom is 0.246 e. The van der Waals surface area contributed by atoms with Gasteiger partial charge in [0.15, 0.2) is 0 Å². The number of β-amino-alcohol motifs (C(OH)–C–C–N with tert-alkyl or cyclic N) is 1. The van der Waals surface area contributed by atoms with Crippen LogP contribution in [0.5, 0.6) is 0 Å². The third-order valence-electron chi connectivity index (χ3n) is 14.1. The molecule has 0 spiro atoms. The van der Waals surface area contributed by atoms with Crippen LogP contribution in [0.2, 0.25) is 0 Å². The van der Waals surface area contributed by atoms with Gasteiger partial charge in [0.2, 0.25) is 45.5 Å². The number of thioether (sulfide) groups is 2. The Morgan fingerprint density at radius 2 is 1.63 bits per heavy atom. The van der Waals surface area contributed by atoms with Gasteiger partial charge < -0.3 is 46.6 Å². The number of aliphatic hydroxyl groups excluding tert-OH is 1. The quantitative estimate of drug-likeness (QED) is 0.0841. The minimum absolute atomic E-state index is 0.00321. The first-order chi connectivity index (χ1) is 34.7. The van der Waals surface area contributed by atoms with E-state index >= 15 is 0 Å². The number of carbonyl (C=O) groups excluding carboxylic acids is 6. The first kappa shape index (κ1) is 56.4. The SMILES string of the molecule is CC1NCSC1c1ccc(CNC(=O)[C@@H]2C[C@@H](O)CN2C(=O)[C@@H](NC(=O)CCC(=O)NCCOC2CC(c3cccc(C4CSC(NC(=O)CNC(=O)C5CCN(S(C)(=O)=O)C5)N4)c3)CCN2)C(C)(C)C)cc1. The van der Waals surface area contributed by atoms with Crippen LogP contribution < -0.4 is 42.5 Å². The molecule has 5 aliphatic heterocycles. The third-order valence-corrected chi connectivity index (χ3v) is 17.9. The van der Waals surface area contributed by atoms with Gasteiger partial charge in [-0.2, -0.15) is 0 Å². The van der Waals surface area contributed by atoms with Crippen molar-refractivity contribution in [2.24, 2.45) is 11.3 Å². The van der Waals surface area contributed by atoms with Gasteiger partial charge in [-0.3, -0.25) is 39.4 Å². The monoisotopic (exact) mass is 1070 g/mol. The predicted molar refractivity (Wildman–Crippen MR) is 280 cm³/mol. The number of likely N-dealkylation sites (tertiary alicyclic amines) is 1. The molecule has 0 saturated carbocycles. The molecule has 0 aromatic heterocycles. The van der Waals surface area contributed by atoms with Gasteiger partial charge in [0.1, 0.15) is 23.8 Å². The highest BCUT2D eigenvalue weighted by molar-refractivity contribution is 8.00. The van der Waals surface area contributed by atoms with Crippen LogP contribution in [0.25, 0.3) is 0 Å². The summed E-state index contributed by atoms with van der Waals surface area (Å²) in [5.74, 6) is -0.950. The van der Waals surface area contributed by atoms with Crippen LogP contribution in [0.4, 0.5) is 0 Å². The number of aliphatic hydroxyl groups is 1. The molecule has 73 heavy (non-hydrogen) atoms. The molecule has 402 valence electrons. The zero-order chi connectivity index (χ0) is 52.5. The van der Waals surface area contributed by atoms with E-state index in [-0.39, 0.29) is 112 Å². The van der Waals surface area contributed by atoms with Gasteiger partial charge in [-0.25, -0.2) is 12.7 Å². The largest absolute Gasteiger partial charge is 0.391 e. The van der Waals surface area contributed by atoms with E-state index in [0.29, 0.717) is 17.7 Å². The summed E-state index contributed by atoms with van der Waals surface area (Å²) in [5, 5.41) is 35.4. The number of nitrogens with one attached hydrogen (secondary N) is 8. The Labute approximate surface area is 437 Å². The zero-order valence-corrected chi connectivity index (χ0v) is 44.9. The number of benzene rings is 2. The Morgan fingerprint density at radius 3 is 2.34 bits per heavy atom. The molecule has 23 heteroatoms. The summed E-state index contributed by atoms with van der Waals surface area (Å²) in [5.41, 5.74) is 3.33. The number of piperidine rings is 1. The van der Waals surface area contributed by atoms with Crippen molar-refractivity contribution < 1.29 is 47.0 Å². The van der Waals surface area contributed by atoms with Gasteiger partial charge in [-0.1, -0.05) is 69.3 Å². The average molecular weight is 1070 g/mol. The van der Waals surface area contributed by atoms with Crippen LogP contribution in [-0.2, 0) is 50.1 Å². The first-order valence-electron chi connectivity index (χ1n) is 25.3. The van der Waals surface area contributed by atoms with Gasteiger partial charge in [0, 0.05) is 80.9 Å². The third kappa shape index (κ3) is 15.9. The predicted octanol–water partition coefficient (Wildman–Crippen LogP) is 1.10. The lowest BCUT2D eigenvalue weighted by atomic mass is 9.85. The van der Waals surface area contributed by atoms with Gasteiger partial charge >= 0.3 is 0 Å². The van der Waals surface area contributed by atoms with E-state index in [4.69, 9.17) is 4.74 Å². The Balaban J connectivity index is 0.789. The van der Waals surface area contributed by atoms with Crippen molar-refractivity contribution in [3.8, 4) is 0 Å². The molecule has 0 aliphatic carbocycles.